The number of nitrogens with zero attached hydrogens (tertiary/aromatic N) is 3. The molecule has 0 N–H and O–H groups in total. The topological polar surface area (TPSA) is 45.7 Å². The van der Waals surface area contributed by atoms with Crippen LogP contribution >= 0.6 is 0 Å². The molecule has 0 bridgehead atoms. The van der Waals surface area contributed by atoms with E-state index in [4.69, 9.17) is 4.74 Å². The average Bonchev–Trinajstić information content (AvgIpc) is 3.16. The Kier molecular flexibility index (Phi) is 6.01. The standard InChI is InChI=1S/C20H25N3O2/c1-22(18-8-3-2-4-9-18)16-20(24)23(15-19-10-6-12-25-19)14-17-7-5-11-21-13-17/h2-5,7-9,11,13,19H,6,10,12,14-16H2,1H3/t19-/m0/s1. The van der Waals surface area contributed by atoms with Gasteiger partial charge in [0.2, 0.25) is 5.91 Å². The number of benzene rings is 1. The van der Waals surface area contributed by atoms with Gasteiger partial charge in [-0.15, -0.1) is 0 Å². The fourth-order valence-electron chi connectivity index (χ4n) is 3.08. The first-order valence-electron chi connectivity index (χ1n) is 8.77. The van der Waals surface area contributed by atoms with E-state index in [1.54, 1.807) is 6.20 Å². The minimum atomic E-state index is 0.103. The monoisotopic (exact) mass is 339 g/mol. The molecular formula is C20H25N3O2. The van der Waals surface area contributed by atoms with Crippen molar-refractivity contribution in [3.63, 3.8) is 0 Å². The number of amides is 1. The Morgan fingerprint density at radius 1 is 1.24 bits per heavy atom. The van der Waals surface area contributed by atoms with Crippen LogP contribution in [0.25, 0.3) is 0 Å². The first-order valence-corrected chi connectivity index (χ1v) is 8.77. The maximum atomic E-state index is 12.9. The molecule has 1 aromatic heterocycles. The average molecular weight is 339 g/mol. The molecular weight excluding hydrogens is 314 g/mol. The van der Waals surface area contributed by atoms with Gasteiger partial charge in [0.15, 0.2) is 0 Å². The normalized spacial score (nSPS) is 16.6. The molecule has 0 radical (unpaired) electrons. The molecule has 132 valence electrons. The lowest BCUT2D eigenvalue weighted by molar-refractivity contribution is -0.131. The first-order chi connectivity index (χ1) is 12.2. The molecule has 0 saturated carbocycles. The molecule has 1 atom stereocenters. The maximum Gasteiger partial charge on any atom is 0.242 e. The van der Waals surface area contributed by atoms with E-state index in [0.717, 1.165) is 30.7 Å². The molecule has 2 aromatic rings. The highest BCUT2D eigenvalue weighted by atomic mass is 16.5. The maximum absolute atomic E-state index is 12.9. The SMILES string of the molecule is CN(CC(=O)N(Cc1cccnc1)C[C@@H]1CCCO1)c1ccccc1. The highest BCUT2D eigenvalue weighted by Gasteiger charge is 2.23. The van der Waals surface area contributed by atoms with E-state index in [0.29, 0.717) is 19.6 Å². The lowest BCUT2D eigenvalue weighted by Gasteiger charge is -2.28. The zero-order valence-electron chi connectivity index (χ0n) is 14.7. The molecule has 0 aliphatic carbocycles. The van der Waals surface area contributed by atoms with E-state index in [2.05, 4.69) is 4.98 Å². The summed E-state index contributed by atoms with van der Waals surface area (Å²) in [5.74, 6) is 0.103. The molecule has 1 aliphatic heterocycles. The van der Waals surface area contributed by atoms with Gasteiger partial charge in [0.05, 0.1) is 12.6 Å². The quantitative estimate of drug-likeness (QED) is 0.778. The second-order valence-electron chi connectivity index (χ2n) is 6.46. The molecule has 25 heavy (non-hydrogen) atoms. The highest BCUT2D eigenvalue weighted by molar-refractivity contribution is 5.81. The van der Waals surface area contributed by atoms with Gasteiger partial charge in [-0.2, -0.15) is 0 Å². The zero-order chi connectivity index (χ0) is 17.5. The number of rotatable bonds is 7. The van der Waals surface area contributed by atoms with Crippen LogP contribution in [0.1, 0.15) is 18.4 Å². The Bertz CT molecular complexity index is 657. The van der Waals surface area contributed by atoms with E-state index in [9.17, 15) is 4.79 Å². The van der Waals surface area contributed by atoms with Crippen LogP contribution in [0.2, 0.25) is 0 Å². The number of carbonyl (C=O) groups is 1. The van der Waals surface area contributed by atoms with Gasteiger partial charge in [-0.25, -0.2) is 0 Å². The third-order valence-electron chi connectivity index (χ3n) is 4.47. The van der Waals surface area contributed by atoms with Crippen molar-refractivity contribution in [2.75, 3.05) is 31.6 Å². The molecule has 1 saturated heterocycles. The number of likely N-dealkylation sites (N-methyl/N-ethyl adjacent to an activating group) is 1. The second kappa shape index (κ2) is 8.62. The van der Waals surface area contributed by atoms with Crippen molar-refractivity contribution in [2.45, 2.75) is 25.5 Å². The van der Waals surface area contributed by atoms with E-state index in [1.807, 2.05) is 65.5 Å². The third-order valence-corrected chi connectivity index (χ3v) is 4.47. The van der Waals surface area contributed by atoms with E-state index >= 15 is 0 Å². The van der Waals surface area contributed by atoms with Gasteiger partial charge >= 0.3 is 0 Å². The fraction of sp³-hybridized carbons (Fsp3) is 0.400. The Morgan fingerprint density at radius 2 is 2.08 bits per heavy atom. The predicted molar refractivity (Wildman–Crippen MR) is 98.3 cm³/mol. The van der Waals surface area contributed by atoms with Gasteiger partial charge in [-0.05, 0) is 36.6 Å². The van der Waals surface area contributed by atoms with Crippen LogP contribution in [0.15, 0.2) is 54.9 Å². The van der Waals surface area contributed by atoms with Gasteiger partial charge in [0.25, 0.3) is 0 Å². The summed E-state index contributed by atoms with van der Waals surface area (Å²) >= 11 is 0. The lowest BCUT2D eigenvalue weighted by Crippen LogP contribution is -2.42. The molecule has 1 aliphatic rings. The molecule has 1 fully saturated rings. The molecule has 5 nitrogen and oxygen atoms in total. The zero-order valence-corrected chi connectivity index (χ0v) is 14.7. The molecule has 1 amide bonds. The molecule has 3 rings (SSSR count). The predicted octanol–water partition coefficient (Wildman–Crippen LogP) is 2.73. The molecule has 5 heteroatoms. The number of carbonyl (C=O) groups excluding carboxylic acids is 1. The van der Waals surface area contributed by atoms with Crippen molar-refractivity contribution in [2.24, 2.45) is 0 Å². The number of anilines is 1. The number of ether oxygens (including phenoxy) is 1. The first kappa shape index (κ1) is 17.4. The van der Waals surface area contributed by atoms with Gasteiger partial charge in [-0.1, -0.05) is 24.3 Å². The summed E-state index contributed by atoms with van der Waals surface area (Å²) in [6.07, 6.45) is 5.80. The summed E-state index contributed by atoms with van der Waals surface area (Å²) in [6.45, 7) is 2.34. The van der Waals surface area contributed by atoms with Crippen LogP contribution in [0.4, 0.5) is 5.69 Å². The summed E-state index contributed by atoms with van der Waals surface area (Å²) in [5, 5.41) is 0. The smallest absolute Gasteiger partial charge is 0.242 e. The lowest BCUT2D eigenvalue weighted by atomic mass is 10.2. The third kappa shape index (κ3) is 5.03. The summed E-state index contributed by atoms with van der Waals surface area (Å²) in [6, 6.07) is 13.9. The van der Waals surface area contributed by atoms with Crippen molar-refractivity contribution < 1.29 is 9.53 Å². The van der Waals surface area contributed by atoms with Gasteiger partial charge in [0, 0.05) is 44.8 Å². The van der Waals surface area contributed by atoms with Gasteiger partial charge in [0.1, 0.15) is 0 Å². The Hall–Kier alpha value is -2.40. The van der Waals surface area contributed by atoms with Crippen LogP contribution in [-0.2, 0) is 16.1 Å². The summed E-state index contributed by atoms with van der Waals surface area (Å²) in [5.41, 5.74) is 2.07. The van der Waals surface area contributed by atoms with Crippen LogP contribution in [-0.4, -0.2) is 48.6 Å². The number of pyridine rings is 1. The Morgan fingerprint density at radius 3 is 2.76 bits per heavy atom. The van der Waals surface area contributed by atoms with E-state index < -0.39 is 0 Å². The van der Waals surface area contributed by atoms with Crippen molar-refractivity contribution in [1.82, 2.24) is 9.88 Å². The van der Waals surface area contributed by atoms with Gasteiger partial charge < -0.3 is 14.5 Å². The van der Waals surface area contributed by atoms with E-state index in [1.165, 1.54) is 0 Å². The fourth-order valence-corrected chi connectivity index (χ4v) is 3.08. The molecule has 1 aromatic carbocycles. The summed E-state index contributed by atoms with van der Waals surface area (Å²) in [7, 11) is 1.95. The van der Waals surface area contributed by atoms with E-state index in [-0.39, 0.29) is 12.0 Å². The van der Waals surface area contributed by atoms with Crippen molar-refractivity contribution in [1.29, 1.82) is 0 Å². The summed E-state index contributed by atoms with van der Waals surface area (Å²) in [4.78, 5) is 21.0. The largest absolute Gasteiger partial charge is 0.376 e. The van der Waals surface area contributed by atoms with Crippen LogP contribution in [0.3, 0.4) is 0 Å². The van der Waals surface area contributed by atoms with Crippen LogP contribution < -0.4 is 4.90 Å². The van der Waals surface area contributed by atoms with Crippen molar-refractivity contribution in [3.8, 4) is 0 Å². The highest BCUT2D eigenvalue weighted by Crippen LogP contribution is 2.16. The second-order valence-corrected chi connectivity index (χ2v) is 6.46. The number of aromatic nitrogens is 1. The molecule has 0 unspecified atom stereocenters. The summed E-state index contributed by atoms with van der Waals surface area (Å²) < 4.78 is 5.74. The Balaban J connectivity index is 1.67. The molecule has 2 heterocycles. The van der Waals surface area contributed by atoms with Crippen molar-refractivity contribution in [3.05, 3.63) is 60.4 Å². The van der Waals surface area contributed by atoms with Crippen LogP contribution in [0.5, 0.6) is 0 Å². The minimum Gasteiger partial charge on any atom is -0.376 e. The molecule has 0 spiro atoms. The van der Waals surface area contributed by atoms with Crippen molar-refractivity contribution >= 4 is 11.6 Å². The minimum absolute atomic E-state index is 0.103. The Labute approximate surface area is 149 Å². The number of para-hydroxylation sites is 1. The number of hydrogen-bond donors (Lipinski definition) is 0. The van der Waals surface area contributed by atoms with Crippen LogP contribution in [0, 0.1) is 0 Å². The van der Waals surface area contributed by atoms with Gasteiger partial charge in [-0.3, -0.25) is 9.78 Å². The number of hydrogen-bond acceptors (Lipinski definition) is 4.